The zero-order chi connectivity index (χ0) is 18.1. The second-order valence-corrected chi connectivity index (χ2v) is 7.50. The van der Waals surface area contributed by atoms with E-state index in [1.165, 1.54) is 33.0 Å². The maximum atomic E-state index is 13.6. The lowest BCUT2D eigenvalue weighted by molar-refractivity contribution is -0.116. The summed E-state index contributed by atoms with van der Waals surface area (Å²) >= 11 is 5.74. The van der Waals surface area contributed by atoms with Gasteiger partial charge in [-0.25, -0.2) is 12.8 Å². The quantitative estimate of drug-likeness (QED) is 0.865. The molecule has 0 atom stereocenters. The fourth-order valence-electron chi connectivity index (χ4n) is 2.07. The normalized spacial score (nSPS) is 11.8. The zero-order valence-electron chi connectivity index (χ0n) is 13.1. The van der Waals surface area contributed by atoms with Crippen molar-refractivity contribution in [3.05, 3.63) is 40.5 Å². The number of halogens is 2. The summed E-state index contributed by atoms with van der Waals surface area (Å²) in [5.74, 6) is -1.27. The predicted molar refractivity (Wildman–Crippen MR) is 85.8 cm³/mol. The van der Waals surface area contributed by atoms with E-state index in [0.717, 1.165) is 10.4 Å². The van der Waals surface area contributed by atoms with Crippen LogP contribution in [0.5, 0.6) is 0 Å². The number of sulfonamides is 1. The third-order valence-electron chi connectivity index (χ3n) is 3.20. The zero-order valence-corrected chi connectivity index (χ0v) is 14.7. The molecule has 1 N–H and O–H groups in total. The highest BCUT2D eigenvalue weighted by molar-refractivity contribution is 7.89. The minimum Gasteiger partial charge on any atom is -0.360 e. The van der Waals surface area contributed by atoms with Gasteiger partial charge in [0.05, 0.1) is 12.2 Å². The van der Waals surface area contributed by atoms with E-state index in [4.69, 9.17) is 16.1 Å². The van der Waals surface area contributed by atoms with E-state index >= 15 is 0 Å². The Labute approximate surface area is 143 Å². The summed E-state index contributed by atoms with van der Waals surface area (Å²) < 4.78 is 44.3. The number of anilines is 1. The molecular formula is C14H15ClFN3O4S. The smallest absolute Gasteiger partial charge is 0.248 e. The van der Waals surface area contributed by atoms with E-state index in [-0.39, 0.29) is 27.1 Å². The van der Waals surface area contributed by atoms with E-state index in [0.29, 0.717) is 0 Å². The summed E-state index contributed by atoms with van der Waals surface area (Å²) in [5.41, 5.74) is 0.0660. The Morgan fingerprint density at radius 3 is 2.67 bits per heavy atom. The first-order chi connectivity index (χ1) is 11.1. The molecule has 0 aliphatic rings. The first kappa shape index (κ1) is 18.4. The van der Waals surface area contributed by atoms with Gasteiger partial charge in [0.15, 0.2) is 5.76 Å². The van der Waals surface area contributed by atoms with Gasteiger partial charge in [0, 0.05) is 12.1 Å². The highest BCUT2D eigenvalue weighted by Gasteiger charge is 2.29. The molecule has 1 heterocycles. The van der Waals surface area contributed by atoms with Crippen molar-refractivity contribution in [3.63, 3.8) is 0 Å². The number of benzene rings is 1. The minimum atomic E-state index is -3.97. The fourth-order valence-corrected chi connectivity index (χ4v) is 3.65. The van der Waals surface area contributed by atoms with Gasteiger partial charge in [-0.2, -0.15) is 4.31 Å². The second kappa shape index (κ2) is 6.88. The van der Waals surface area contributed by atoms with Crippen molar-refractivity contribution in [2.75, 3.05) is 18.9 Å². The Balaban J connectivity index is 2.15. The lowest BCUT2D eigenvalue weighted by Crippen LogP contribution is -2.35. The van der Waals surface area contributed by atoms with Crippen molar-refractivity contribution in [3.8, 4) is 0 Å². The number of nitrogens with one attached hydrogen (secondary N) is 1. The van der Waals surface area contributed by atoms with Crippen LogP contribution in [0.1, 0.15) is 11.5 Å². The van der Waals surface area contributed by atoms with Gasteiger partial charge in [-0.05, 0) is 32.0 Å². The van der Waals surface area contributed by atoms with Crippen LogP contribution in [0.3, 0.4) is 0 Å². The van der Waals surface area contributed by atoms with Crippen LogP contribution in [-0.4, -0.2) is 37.4 Å². The van der Waals surface area contributed by atoms with E-state index in [9.17, 15) is 17.6 Å². The van der Waals surface area contributed by atoms with Crippen molar-refractivity contribution in [2.45, 2.75) is 18.7 Å². The average molecular weight is 376 g/mol. The van der Waals surface area contributed by atoms with E-state index < -0.39 is 28.3 Å². The highest BCUT2D eigenvalue weighted by atomic mass is 35.5. The van der Waals surface area contributed by atoms with Crippen molar-refractivity contribution in [1.29, 1.82) is 0 Å². The Hall–Kier alpha value is -1.97. The summed E-state index contributed by atoms with van der Waals surface area (Å²) in [7, 11) is -2.73. The molecule has 0 spiro atoms. The molecule has 7 nitrogen and oxygen atoms in total. The van der Waals surface area contributed by atoms with Gasteiger partial charge in [-0.15, -0.1) is 0 Å². The lowest BCUT2D eigenvalue weighted by atomic mass is 10.3. The van der Waals surface area contributed by atoms with Crippen LogP contribution in [0, 0.1) is 19.7 Å². The number of carbonyl (C=O) groups excluding carboxylic acids is 1. The average Bonchev–Trinajstić information content (AvgIpc) is 2.82. The van der Waals surface area contributed by atoms with Gasteiger partial charge >= 0.3 is 0 Å². The maximum Gasteiger partial charge on any atom is 0.248 e. The van der Waals surface area contributed by atoms with Crippen LogP contribution in [-0.2, 0) is 14.8 Å². The molecule has 0 aliphatic heterocycles. The van der Waals surface area contributed by atoms with Crippen LogP contribution < -0.4 is 5.32 Å². The molecule has 24 heavy (non-hydrogen) atoms. The van der Waals surface area contributed by atoms with Crippen LogP contribution >= 0.6 is 11.6 Å². The SMILES string of the molecule is Cc1noc(C)c1S(=O)(=O)N(C)CC(=O)Nc1cc(Cl)ccc1F. The molecule has 0 aliphatic carbocycles. The van der Waals surface area contributed by atoms with Gasteiger partial charge in [-0.3, -0.25) is 4.79 Å². The predicted octanol–water partition coefficient (Wildman–Crippen LogP) is 2.34. The van der Waals surface area contributed by atoms with Gasteiger partial charge in [-0.1, -0.05) is 16.8 Å². The molecule has 0 unspecified atom stereocenters. The molecule has 1 aromatic heterocycles. The van der Waals surface area contributed by atoms with Gasteiger partial charge in [0.25, 0.3) is 0 Å². The second-order valence-electron chi connectivity index (χ2n) is 5.09. The molecule has 0 saturated heterocycles. The van der Waals surface area contributed by atoms with Gasteiger partial charge in [0.2, 0.25) is 15.9 Å². The monoisotopic (exact) mass is 375 g/mol. The van der Waals surface area contributed by atoms with Gasteiger partial charge in [0.1, 0.15) is 16.4 Å². The molecule has 0 radical (unpaired) electrons. The molecule has 2 rings (SSSR count). The third-order valence-corrected chi connectivity index (χ3v) is 5.49. The lowest BCUT2D eigenvalue weighted by Gasteiger charge is -2.16. The molecule has 0 fully saturated rings. The Bertz CT molecular complexity index is 863. The molecule has 0 saturated carbocycles. The van der Waals surface area contributed by atoms with Crippen LogP contribution in [0.15, 0.2) is 27.6 Å². The van der Waals surface area contributed by atoms with Crippen molar-refractivity contribution in [1.82, 2.24) is 9.46 Å². The Kier molecular flexibility index (Phi) is 5.26. The Morgan fingerprint density at radius 1 is 1.42 bits per heavy atom. The Morgan fingerprint density at radius 2 is 2.08 bits per heavy atom. The highest BCUT2D eigenvalue weighted by Crippen LogP contribution is 2.23. The first-order valence-electron chi connectivity index (χ1n) is 6.77. The maximum absolute atomic E-state index is 13.6. The molecule has 130 valence electrons. The minimum absolute atomic E-state index is 0.0910. The number of aryl methyl sites for hydroxylation is 2. The number of hydrogen-bond acceptors (Lipinski definition) is 5. The number of rotatable bonds is 5. The third kappa shape index (κ3) is 3.74. The largest absolute Gasteiger partial charge is 0.360 e. The summed E-state index contributed by atoms with van der Waals surface area (Å²) in [5, 5.41) is 6.11. The van der Waals surface area contributed by atoms with Crippen LogP contribution in [0.25, 0.3) is 0 Å². The first-order valence-corrected chi connectivity index (χ1v) is 8.59. The molecule has 10 heteroatoms. The number of amides is 1. The molecular weight excluding hydrogens is 361 g/mol. The van der Waals surface area contributed by atoms with Crippen molar-refractivity contribution in [2.24, 2.45) is 0 Å². The molecule has 2 aromatic rings. The van der Waals surface area contributed by atoms with E-state index in [1.807, 2.05) is 0 Å². The topological polar surface area (TPSA) is 92.5 Å². The van der Waals surface area contributed by atoms with E-state index in [1.54, 1.807) is 0 Å². The number of likely N-dealkylation sites (N-methyl/N-ethyl adjacent to an activating group) is 1. The number of hydrogen-bond donors (Lipinski definition) is 1. The number of carbonyl (C=O) groups is 1. The number of aromatic nitrogens is 1. The number of nitrogens with zero attached hydrogens (tertiary/aromatic N) is 2. The van der Waals surface area contributed by atoms with Crippen LogP contribution in [0.2, 0.25) is 5.02 Å². The summed E-state index contributed by atoms with van der Waals surface area (Å²) in [6.45, 7) is 2.43. The van der Waals surface area contributed by atoms with E-state index in [2.05, 4.69) is 10.5 Å². The van der Waals surface area contributed by atoms with Gasteiger partial charge < -0.3 is 9.84 Å². The fraction of sp³-hybridized carbons (Fsp3) is 0.286. The van der Waals surface area contributed by atoms with Crippen molar-refractivity contribution < 1.29 is 22.1 Å². The van der Waals surface area contributed by atoms with Crippen molar-refractivity contribution >= 4 is 33.2 Å². The standard InChI is InChI=1S/C14H15ClFN3O4S/c1-8-14(9(2)23-18-8)24(21,22)19(3)7-13(20)17-12-6-10(15)4-5-11(12)16/h4-6H,7H2,1-3H3,(H,17,20). The summed E-state index contributed by atoms with van der Waals surface area (Å²) in [4.78, 5) is 11.9. The molecule has 1 amide bonds. The summed E-state index contributed by atoms with van der Waals surface area (Å²) in [6, 6.07) is 3.67. The molecule has 0 bridgehead atoms. The van der Waals surface area contributed by atoms with Crippen LogP contribution in [0.4, 0.5) is 10.1 Å². The molecule has 1 aromatic carbocycles. The summed E-state index contributed by atoms with van der Waals surface area (Å²) in [6.07, 6.45) is 0.